The average molecular weight is 498 g/mol. The molecule has 178 valence electrons. The van der Waals surface area contributed by atoms with Gasteiger partial charge < -0.3 is 4.57 Å². The zero-order valence-corrected chi connectivity index (χ0v) is 19.7. The maximum Gasteiger partial charge on any atom is 0.340 e. The molecule has 6 rings (SSSR count). The zero-order chi connectivity index (χ0) is 24.8. The summed E-state index contributed by atoms with van der Waals surface area (Å²) in [4.78, 5) is 30.6. The first-order chi connectivity index (χ1) is 17.5. The number of ketones is 1. The minimum Gasteiger partial charge on any atom is -0.333 e. The van der Waals surface area contributed by atoms with Crippen LogP contribution in [0.15, 0.2) is 85.5 Å². The molecule has 1 atom stereocenters. The van der Waals surface area contributed by atoms with E-state index in [2.05, 4.69) is 15.0 Å². The van der Waals surface area contributed by atoms with Crippen LogP contribution < -0.4 is 11.3 Å². The Bertz CT molecular complexity index is 1630. The second kappa shape index (κ2) is 8.78. The summed E-state index contributed by atoms with van der Waals surface area (Å²) in [5.74, 6) is 5.61. The van der Waals surface area contributed by atoms with Crippen LogP contribution >= 0.6 is 11.8 Å². The summed E-state index contributed by atoms with van der Waals surface area (Å²) < 4.78 is 16.8. The van der Waals surface area contributed by atoms with Crippen molar-refractivity contribution in [2.45, 2.75) is 11.1 Å². The Balaban J connectivity index is 1.43. The number of hydrogen-bond donors (Lipinski definition) is 2. The lowest BCUT2D eigenvalue weighted by atomic mass is 10.00. The van der Waals surface area contributed by atoms with E-state index >= 15 is 0 Å². The molecule has 2 aromatic carbocycles. The quantitative estimate of drug-likeness (QED) is 0.156. The molecule has 3 aromatic heterocycles. The fourth-order valence-electron chi connectivity index (χ4n) is 4.69. The number of nitrogen functional groups attached to an aromatic ring is 1. The van der Waals surface area contributed by atoms with Gasteiger partial charge in [0, 0.05) is 58.3 Å². The molecule has 0 bridgehead atoms. The molecule has 36 heavy (non-hydrogen) atoms. The molecule has 0 fully saturated rings. The molecule has 7 nitrogen and oxygen atoms in total. The van der Waals surface area contributed by atoms with Crippen LogP contribution in [0.2, 0.25) is 0 Å². The van der Waals surface area contributed by atoms with Crippen molar-refractivity contribution in [3.63, 3.8) is 0 Å². The molecule has 0 spiro atoms. The van der Waals surface area contributed by atoms with Crippen LogP contribution in [-0.4, -0.2) is 25.9 Å². The molecule has 1 unspecified atom stereocenters. The first kappa shape index (κ1) is 22.3. The van der Waals surface area contributed by atoms with Crippen LogP contribution in [0, 0.1) is 5.82 Å². The number of fused-ring (bicyclic) bond motifs is 2. The molecule has 0 aliphatic carbocycles. The van der Waals surface area contributed by atoms with Gasteiger partial charge in [-0.1, -0.05) is 30.3 Å². The Labute approximate surface area is 209 Å². The van der Waals surface area contributed by atoms with E-state index in [1.165, 1.54) is 22.9 Å². The van der Waals surface area contributed by atoms with E-state index in [-0.39, 0.29) is 17.0 Å². The number of pyridine rings is 1. The number of rotatable bonds is 4. The number of amides is 1. The monoisotopic (exact) mass is 497 g/mol. The molecular formula is C27H20FN5O2S. The van der Waals surface area contributed by atoms with Crippen LogP contribution in [0.25, 0.3) is 22.0 Å². The van der Waals surface area contributed by atoms with E-state index in [9.17, 15) is 14.0 Å². The maximum atomic E-state index is 13.8. The predicted molar refractivity (Wildman–Crippen MR) is 137 cm³/mol. The Morgan fingerprint density at radius 3 is 2.61 bits per heavy atom. The fraction of sp³-hybridized carbons (Fsp3) is 0.0741. The Kier molecular flexibility index (Phi) is 5.43. The van der Waals surface area contributed by atoms with Gasteiger partial charge in [0.25, 0.3) is 0 Å². The Hall–Kier alpha value is -4.21. The van der Waals surface area contributed by atoms with E-state index in [0.717, 1.165) is 22.4 Å². The van der Waals surface area contributed by atoms with Crippen molar-refractivity contribution < 1.29 is 14.0 Å². The van der Waals surface area contributed by atoms with Crippen LogP contribution in [0.5, 0.6) is 0 Å². The van der Waals surface area contributed by atoms with Gasteiger partial charge in [-0.25, -0.2) is 15.0 Å². The van der Waals surface area contributed by atoms with E-state index in [1.54, 1.807) is 36.2 Å². The molecule has 3 N–H and O–H groups in total. The summed E-state index contributed by atoms with van der Waals surface area (Å²) in [5, 5.41) is 0.682. The zero-order valence-electron chi connectivity index (χ0n) is 18.9. The van der Waals surface area contributed by atoms with Gasteiger partial charge in [-0.05, 0) is 41.5 Å². The van der Waals surface area contributed by atoms with Crippen molar-refractivity contribution >= 4 is 34.5 Å². The van der Waals surface area contributed by atoms with Gasteiger partial charge in [0.1, 0.15) is 11.2 Å². The molecule has 5 aromatic rings. The normalized spacial score (nSPS) is 14.7. The van der Waals surface area contributed by atoms with Crippen LogP contribution in [-0.2, 0) is 5.75 Å². The minimum atomic E-state index is -0.565. The Morgan fingerprint density at radius 2 is 1.86 bits per heavy atom. The van der Waals surface area contributed by atoms with Gasteiger partial charge in [0.15, 0.2) is 5.78 Å². The van der Waals surface area contributed by atoms with Crippen molar-refractivity contribution in [3.8, 4) is 11.1 Å². The molecule has 0 saturated carbocycles. The summed E-state index contributed by atoms with van der Waals surface area (Å²) in [6, 6.07) is 16.8. The average Bonchev–Trinajstić information content (AvgIpc) is 3.62. The molecule has 4 heterocycles. The Morgan fingerprint density at radius 1 is 1.06 bits per heavy atom. The lowest BCUT2D eigenvalue weighted by Gasteiger charge is -2.11. The number of halogens is 1. The minimum absolute atomic E-state index is 0.0536. The molecule has 1 aliphatic heterocycles. The summed E-state index contributed by atoms with van der Waals surface area (Å²) in [7, 11) is 0. The molecule has 9 heteroatoms. The number of benzene rings is 2. The van der Waals surface area contributed by atoms with Crippen LogP contribution in [0.4, 0.5) is 9.18 Å². The number of nitrogens with one attached hydrogen (secondary N) is 1. The van der Waals surface area contributed by atoms with Gasteiger partial charge in [-0.2, -0.15) is 0 Å². The van der Waals surface area contributed by atoms with Crippen molar-refractivity contribution in [3.05, 3.63) is 114 Å². The van der Waals surface area contributed by atoms with Gasteiger partial charge in [0.05, 0.1) is 5.52 Å². The summed E-state index contributed by atoms with van der Waals surface area (Å²) in [5.41, 5.74) is 7.26. The third-order valence-electron chi connectivity index (χ3n) is 6.44. The van der Waals surface area contributed by atoms with Crippen molar-refractivity contribution in [2.75, 3.05) is 0 Å². The summed E-state index contributed by atoms with van der Waals surface area (Å²) in [6.07, 6.45) is 7.03. The lowest BCUT2D eigenvalue weighted by Crippen LogP contribution is -2.33. The lowest BCUT2D eigenvalue weighted by molar-refractivity contribution is 0.103. The number of nitrogens with zero attached hydrogens (tertiary/aromatic N) is 3. The number of carbonyl (C=O) groups is 2. The third-order valence-corrected chi connectivity index (χ3v) is 7.69. The highest BCUT2D eigenvalue weighted by molar-refractivity contribution is 7.99. The second-order valence-electron chi connectivity index (χ2n) is 8.46. The van der Waals surface area contributed by atoms with Gasteiger partial charge >= 0.3 is 6.03 Å². The van der Waals surface area contributed by atoms with Crippen molar-refractivity contribution in [1.29, 1.82) is 0 Å². The first-order valence-corrected chi connectivity index (χ1v) is 12.3. The number of carbonyl (C=O) groups excluding carboxylic acids is 2. The van der Waals surface area contributed by atoms with Gasteiger partial charge in [-0.15, -0.1) is 11.8 Å². The van der Waals surface area contributed by atoms with Crippen molar-refractivity contribution in [1.82, 2.24) is 19.5 Å². The largest absolute Gasteiger partial charge is 0.340 e. The maximum absolute atomic E-state index is 13.8. The summed E-state index contributed by atoms with van der Waals surface area (Å²) >= 11 is 1.73. The standard InChI is InChI=1S/C27H20FN5O2S/c28-19-6-3-16(4-7-19)17-5-8-20-22(14-33(23(20)12-17)27(35)31-29)25(34)21-9-11-32-24(21)15-36-26(32)18-2-1-10-30-13-18/h1-14,26H,15,29H2,(H,31,35). The topological polar surface area (TPSA) is 94.9 Å². The molecule has 1 amide bonds. The number of aromatic nitrogens is 3. The smallest absolute Gasteiger partial charge is 0.333 e. The van der Waals surface area contributed by atoms with Crippen molar-refractivity contribution in [2.24, 2.45) is 5.84 Å². The third kappa shape index (κ3) is 3.60. The number of hydrogen-bond acceptors (Lipinski definition) is 5. The van der Waals surface area contributed by atoms with E-state index < -0.39 is 6.03 Å². The molecular weight excluding hydrogens is 477 g/mol. The van der Waals surface area contributed by atoms with E-state index in [1.807, 2.05) is 42.7 Å². The van der Waals surface area contributed by atoms with E-state index in [4.69, 9.17) is 5.84 Å². The van der Waals surface area contributed by atoms with E-state index in [0.29, 0.717) is 27.8 Å². The number of nitrogens with two attached hydrogens (primary N) is 1. The molecule has 1 aliphatic rings. The molecule has 0 saturated heterocycles. The SMILES string of the molecule is NNC(=O)n1cc(C(=O)c2ccn3c2CSC3c2cccnc2)c2ccc(-c3ccc(F)cc3)cc21. The van der Waals surface area contributed by atoms with Gasteiger partial charge in [0.2, 0.25) is 0 Å². The predicted octanol–water partition coefficient (Wildman–Crippen LogP) is 5.10. The first-order valence-electron chi connectivity index (χ1n) is 11.2. The highest BCUT2D eigenvalue weighted by Gasteiger charge is 2.30. The second-order valence-corrected chi connectivity index (χ2v) is 9.53. The number of hydrazine groups is 1. The highest BCUT2D eigenvalue weighted by atomic mass is 32.2. The fourth-order valence-corrected chi connectivity index (χ4v) is 6.00. The highest BCUT2D eigenvalue weighted by Crippen LogP contribution is 2.42. The number of thioether (sulfide) groups is 1. The van der Waals surface area contributed by atoms with Gasteiger partial charge in [-0.3, -0.25) is 19.8 Å². The van der Waals surface area contributed by atoms with Crippen LogP contribution in [0.3, 0.4) is 0 Å². The summed E-state index contributed by atoms with van der Waals surface area (Å²) in [6.45, 7) is 0. The molecule has 0 radical (unpaired) electrons. The van der Waals surface area contributed by atoms with Crippen LogP contribution in [0.1, 0.15) is 32.6 Å².